The van der Waals surface area contributed by atoms with Crippen molar-refractivity contribution in [1.82, 2.24) is 9.55 Å². The zero-order valence-electron chi connectivity index (χ0n) is 16.6. The van der Waals surface area contributed by atoms with Crippen molar-refractivity contribution in [2.24, 2.45) is 0 Å². The number of allylic oxidation sites excluding steroid dienone is 1. The Balaban J connectivity index is 1.81. The van der Waals surface area contributed by atoms with Crippen LogP contribution >= 0.6 is 15.9 Å². The highest BCUT2D eigenvalue weighted by atomic mass is 79.9. The first-order valence-electron chi connectivity index (χ1n) is 10.4. The molecule has 0 radical (unpaired) electrons. The average Bonchev–Trinajstić information content (AvgIpc) is 3.50. The number of H-pyrrole nitrogens is 1. The lowest BCUT2D eigenvalue weighted by atomic mass is 9.96. The maximum absolute atomic E-state index is 13.0. The summed E-state index contributed by atoms with van der Waals surface area (Å²) in [4.78, 5) is 29.3. The number of aliphatic hydroxyl groups excluding tert-OH is 1. The number of halogens is 1. The van der Waals surface area contributed by atoms with Crippen LogP contribution in [0, 0.1) is 0 Å². The number of carbonyl (C=O) groups is 2. The predicted molar refractivity (Wildman–Crippen MR) is 125 cm³/mol. The number of nitrogens with one attached hydrogen (secondary N) is 1. The van der Waals surface area contributed by atoms with Gasteiger partial charge in [0.2, 0.25) is 0 Å². The molecule has 3 aromatic carbocycles. The first-order chi connectivity index (χ1) is 15.5. The number of fused-ring (bicyclic) bond motifs is 10. The van der Waals surface area contributed by atoms with E-state index in [1.54, 1.807) is 6.08 Å². The standard InChI is InChI=1S/C25H15BrN2O4/c26-11-5-8-16-15(9-11)18-20-21(25(31)32-24(20)30)19-14-3-1-2-4-17(14)28(23(19)22(18)27-16)12-6-7-13(29)10-12/h1-9,12-13,27,29H,10H2/t12?,13-/m1/s1. The molecule has 0 saturated heterocycles. The van der Waals surface area contributed by atoms with Crippen LogP contribution in [0.3, 0.4) is 0 Å². The number of esters is 2. The number of ether oxygens (including phenoxy) is 1. The van der Waals surface area contributed by atoms with Gasteiger partial charge in [-0.25, -0.2) is 9.59 Å². The number of aromatic nitrogens is 2. The summed E-state index contributed by atoms with van der Waals surface area (Å²) in [6.45, 7) is 0. The first-order valence-corrected chi connectivity index (χ1v) is 11.1. The van der Waals surface area contributed by atoms with E-state index in [0.29, 0.717) is 28.3 Å². The number of aromatic amines is 1. The molecule has 0 fully saturated rings. The summed E-state index contributed by atoms with van der Waals surface area (Å²) in [5.41, 5.74) is 4.05. The molecule has 6 nitrogen and oxygen atoms in total. The van der Waals surface area contributed by atoms with Gasteiger partial charge in [0, 0.05) is 43.5 Å². The second-order valence-electron chi connectivity index (χ2n) is 8.36. The van der Waals surface area contributed by atoms with Gasteiger partial charge in [0.25, 0.3) is 0 Å². The summed E-state index contributed by atoms with van der Waals surface area (Å²) in [5, 5.41) is 13.3. The zero-order valence-corrected chi connectivity index (χ0v) is 18.1. The monoisotopic (exact) mass is 486 g/mol. The number of cyclic esters (lactones) is 2. The smallest absolute Gasteiger partial charge is 0.347 e. The maximum Gasteiger partial charge on any atom is 0.347 e. The molecule has 156 valence electrons. The lowest BCUT2D eigenvalue weighted by Gasteiger charge is -2.16. The van der Waals surface area contributed by atoms with Crippen molar-refractivity contribution in [2.75, 3.05) is 0 Å². The van der Waals surface area contributed by atoms with Crippen LogP contribution in [-0.4, -0.2) is 32.7 Å². The summed E-state index contributed by atoms with van der Waals surface area (Å²) in [6.07, 6.45) is 3.82. The molecular weight excluding hydrogens is 472 g/mol. The number of rotatable bonds is 1. The minimum Gasteiger partial charge on any atom is -0.389 e. The molecule has 0 saturated carbocycles. The molecule has 5 aromatic rings. The lowest BCUT2D eigenvalue weighted by Crippen LogP contribution is -2.08. The van der Waals surface area contributed by atoms with Crippen LogP contribution in [0.15, 0.2) is 59.1 Å². The van der Waals surface area contributed by atoms with Gasteiger partial charge in [0.15, 0.2) is 0 Å². The van der Waals surface area contributed by atoms with E-state index in [9.17, 15) is 14.7 Å². The molecule has 32 heavy (non-hydrogen) atoms. The fourth-order valence-electron chi connectivity index (χ4n) is 5.41. The van der Waals surface area contributed by atoms with E-state index in [1.807, 2.05) is 48.5 Å². The molecule has 7 rings (SSSR count). The molecule has 1 aliphatic carbocycles. The molecule has 0 spiro atoms. The fraction of sp³-hybridized carbons (Fsp3) is 0.120. The van der Waals surface area contributed by atoms with E-state index in [0.717, 1.165) is 37.3 Å². The van der Waals surface area contributed by atoms with Gasteiger partial charge in [-0.15, -0.1) is 0 Å². The van der Waals surface area contributed by atoms with Crippen LogP contribution in [-0.2, 0) is 4.74 Å². The second-order valence-corrected chi connectivity index (χ2v) is 9.27. The largest absolute Gasteiger partial charge is 0.389 e. The zero-order chi connectivity index (χ0) is 21.7. The Hall–Kier alpha value is -3.42. The minimum absolute atomic E-state index is 0.0834. The molecular formula is C25H15BrN2O4. The SMILES string of the molecule is O=C1OC(=O)c2c1c1c3cc(Br)ccc3[nH]c1c1c2c2ccccc2n1C1C=C[C@@H](O)C1. The van der Waals surface area contributed by atoms with Crippen LogP contribution in [0.1, 0.15) is 33.2 Å². The number of carbonyl (C=O) groups excluding carboxylic acids is 2. The van der Waals surface area contributed by atoms with Gasteiger partial charge >= 0.3 is 11.9 Å². The summed E-state index contributed by atoms with van der Waals surface area (Å²) < 4.78 is 8.17. The third kappa shape index (κ3) is 2.17. The quantitative estimate of drug-likeness (QED) is 0.189. The third-order valence-corrected chi connectivity index (χ3v) is 7.11. The molecule has 2 N–H and O–H groups in total. The van der Waals surface area contributed by atoms with Gasteiger partial charge in [-0.05, 0) is 24.3 Å². The fourth-order valence-corrected chi connectivity index (χ4v) is 5.77. The number of para-hydroxylation sites is 1. The van der Waals surface area contributed by atoms with Crippen molar-refractivity contribution in [1.29, 1.82) is 0 Å². The topological polar surface area (TPSA) is 84.3 Å². The highest BCUT2D eigenvalue weighted by Crippen LogP contribution is 2.46. The minimum atomic E-state index is -0.620. The number of hydrogen-bond acceptors (Lipinski definition) is 4. The van der Waals surface area contributed by atoms with Gasteiger partial charge < -0.3 is 19.4 Å². The highest BCUT2D eigenvalue weighted by molar-refractivity contribution is 9.10. The van der Waals surface area contributed by atoms with E-state index in [1.165, 1.54) is 0 Å². The van der Waals surface area contributed by atoms with Gasteiger partial charge in [-0.2, -0.15) is 0 Å². The molecule has 1 aliphatic heterocycles. The molecule has 0 amide bonds. The van der Waals surface area contributed by atoms with E-state index in [-0.39, 0.29) is 6.04 Å². The maximum atomic E-state index is 13.0. The van der Waals surface area contributed by atoms with Crippen LogP contribution in [0.25, 0.3) is 43.6 Å². The van der Waals surface area contributed by atoms with Gasteiger partial charge in [0.1, 0.15) is 0 Å². The Morgan fingerprint density at radius 1 is 1.00 bits per heavy atom. The van der Waals surface area contributed by atoms with Crippen molar-refractivity contribution in [3.63, 3.8) is 0 Å². The first kappa shape index (κ1) is 18.2. The number of hydrogen-bond donors (Lipinski definition) is 2. The normalized spacial score (nSPS) is 20.3. The summed E-state index contributed by atoms with van der Waals surface area (Å²) in [7, 11) is 0. The van der Waals surface area contributed by atoms with Crippen molar-refractivity contribution in [3.8, 4) is 0 Å². The van der Waals surface area contributed by atoms with E-state index >= 15 is 0 Å². The van der Waals surface area contributed by atoms with E-state index in [4.69, 9.17) is 4.74 Å². The summed E-state index contributed by atoms with van der Waals surface area (Å²) >= 11 is 3.52. The average molecular weight is 487 g/mol. The molecule has 7 heteroatoms. The van der Waals surface area contributed by atoms with Gasteiger partial charge in [-0.3, -0.25) is 0 Å². The Morgan fingerprint density at radius 2 is 1.78 bits per heavy atom. The Kier molecular flexibility index (Phi) is 3.46. The van der Waals surface area contributed by atoms with Crippen molar-refractivity contribution in [2.45, 2.75) is 18.6 Å². The second kappa shape index (κ2) is 6.09. The summed E-state index contributed by atoms with van der Waals surface area (Å²) in [6, 6.07) is 13.6. The van der Waals surface area contributed by atoms with E-state index in [2.05, 4.69) is 25.5 Å². The lowest BCUT2D eigenvalue weighted by molar-refractivity contribution is 0.0445. The molecule has 2 aliphatic rings. The molecule has 0 bridgehead atoms. The van der Waals surface area contributed by atoms with Gasteiger partial charge in [0.05, 0.1) is 34.3 Å². The Morgan fingerprint density at radius 3 is 2.56 bits per heavy atom. The highest BCUT2D eigenvalue weighted by Gasteiger charge is 2.38. The van der Waals surface area contributed by atoms with Crippen molar-refractivity contribution in [3.05, 3.63) is 70.2 Å². The van der Waals surface area contributed by atoms with Gasteiger partial charge in [-0.1, -0.05) is 46.3 Å². The predicted octanol–water partition coefficient (Wildman–Crippen LogP) is 5.36. The summed E-state index contributed by atoms with van der Waals surface area (Å²) in [5.74, 6) is -1.24. The van der Waals surface area contributed by atoms with E-state index < -0.39 is 18.0 Å². The molecule has 2 aromatic heterocycles. The molecule has 2 atom stereocenters. The number of aliphatic hydroxyl groups is 1. The Bertz CT molecular complexity index is 1710. The Labute approximate surface area is 189 Å². The van der Waals surface area contributed by atoms with Crippen LogP contribution in [0.4, 0.5) is 0 Å². The molecule has 1 unspecified atom stereocenters. The van der Waals surface area contributed by atoms with Crippen LogP contribution in [0.2, 0.25) is 0 Å². The third-order valence-electron chi connectivity index (χ3n) is 6.62. The van der Waals surface area contributed by atoms with Crippen molar-refractivity contribution < 1.29 is 19.4 Å². The number of nitrogens with zero attached hydrogens (tertiary/aromatic N) is 1. The van der Waals surface area contributed by atoms with Crippen LogP contribution in [0.5, 0.6) is 0 Å². The number of benzene rings is 3. The van der Waals surface area contributed by atoms with Crippen molar-refractivity contribution >= 4 is 71.5 Å². The molecule has 3 heterocycles. The van der Waals surface area contributed by atoms with Crippen LogP contribution < -0.4 is 0 Å².